The van der Waals surface area contributed by atoms with E-state index < -0.39 is 12.0 Å². The molecule has 0 aliphatic heterocycles. The van der Waals surface area contributed by atoms with E-state index in [2.05, 4.69) is 15.3 Å². The fourth-order valence-electron chi connectivity index (χ4n) is 1.01. The molecule has 1 heterocycles. The summed E-state index contributed by atoms with van der Waals surface area (Å²) >= 11 is 0. The summed E-state index contributed by atoms with van der Waals surface area (Å²) in [6.07, 6.45) is 4.24. The molecule has 2 N–H and O–H groups in total. The van der Waals surface area contributed by atoms with Gasteiger partial charge < -0.3 is 10.4 Å². The number of aliphatic carboxylic acids is 1. The zero-order valence-electron chi connectivity index (χ0n) is 8.90. The van der Waals surface area contributed by atoms with Crippen LogP contribution < -0.4 is 5.32 Å². The van der Waals surface area contributed by atoms with Crippen molar-refractivity contribution in [2.24, 2.45) is 0 Å². The van der Waals surface area contributed by atoms with E-state index >= 15 is 0 Å². The lowest BCUT2D eigenvalue weighted by Gasteiger charge is -2.08. The summed E-state index contributed by atoms with van der Waals surface area (Å²) in [5.74, 6) is -0.0638. The molecular formula is C10H15N3O2. The molecule has 0 fully saturated rings. The molecule has 5 heteroatoms. The molecular weight excluding hydrogens is 194 g/mol. The van der Waals surface area contributed by atoms with Gasteiger partial charge in [0.1, 0.15) is 11.9 Å². The van der Waals surface area contributed by atoms with Gasteiger partial charge in [0.2, 0.25) is 0 Å². The van der Waals surface area contributed by atoms with Gasteiger partial charge in [-0.1, -0.05) is 6.92 Å². The van der Waals surface area contributed by atoms with E-state index in [1.165, 1.54) is 0 Å². The molecule has 0 radical (unpaired) electrons. The summed E-state index contributed by atoms with van der Waals surface area (Å²) in [6, 6.07) is -0.559. The molecule has 0 saturated heterocycles. The number of hydrogen-bond donors (Lipinski definition) is 2. The second-order valence-electron chi connectivity index (χ2n) is 3.30. The Morgan fingerprint density at radius 1 is 1.53 bits per heavy atom. The van der Waals surface area contributed by atoms with Crippen LogP contribution in [0.5, 0.6) is 0 Å². The van der Waals surface area contributed by atoms with E-state index in [1.807, 2.05) is 6.92 Å². The molecule has 0 aliphatic carbocycles. The maximum atomic E-state index is 10.5. The predicted octanol–water partition coefficient (Wildman–Crippen LogP) is 0.602. The summed E-state index contributed by atoms with van der Waals surface area (Å²) in [7, 11) is 0. The topological polar surface area (TPSA) is 75.1 Å². The van der Waals surface area contributed by atoms with Crippen LogP contribution in [0.25, 0.3) is 0 Å². The molecule has 1 aromatic heterocycles. The quantitative estimate of drug-likeness (QED) is 0.742. The standard InChI is InChI=1S/C10H15N3O2/c1-3-9-12-5-8(6-13-9)4-11-7(2)10(14)15/h5-7,11H,3-4H2,1-2H3,(H,14,15)/t7-/m0/s1. The Morgan fingerprint density at radius 3 is 2.60 bits per heavy atom. The van der Waals surface area contributed by atoms with Crippen molar-refractivity contribution in [3.63, 3.8) is 0 Å². The van der Waals surface area contributed by atoms with E-state index in [-0.39, 0.29) is 0 Å². The van der Waals surface area contributed by atoms with Crippen molar-refractivity contribution in [3.05, 3.63) is 23.8 Å². The Morgan fingerprint density at radius 2 is 2.13 bits per heavy atom. The highest BCUT2D eigenvalue weighted by molar-refractivity contribution is 5.72. The van der Waals surface area contributed by atoms with Crippen molar-refractivity contribution in [1.82, 2.24) is 15.3 Å². The van der Waals surface area contributed by atoms with Gasteiger partial charge in [-0.2, -0.15) is 0 Å². The van der Waals surface area contributed by atoms with E-state index in [0.717, 1.165) is 17.8 Å². The van der Waals surface area contributed by atoms with E-state index in [1.54, 1.807) is 19.3 Å². The molecule has 0 aromatic carbocycles. The number of carboxylic acids is 1. The largest absolute Gasteiger partial charge is 0.480 e. The Bertz CT molecular complexity index is 324. The molecule has 0 bridgehead atoms. The van der Waals surface area contributed by atoms with Crippen LogP contribution in [-0.2, 0) is 17.8 Å². The average molecular weight is 209 g/mol. The molecule has 0 amide bonds. The maximum Gasteiger partial charge on any atom is 0.320 e. The molecule has 5 nitrogen and oxygen atoms in total. The molecule has 1 rings (SSSR count). The lowest BCUT2D eigenvalue weighted by molar-refractivity contribution is -0.139. The van der Waals surface area contributed by atoms with Crippen molar-refractivity contribution in [3.8, 4) is 0 Å². The molecule has 0 spiro atoms. The lowest BCUT2D eigenvalue weighted by Crippen LogP contribution is -2.33. The highest BCUT2D eigenvalue weighted by atomic mass is 16.4. The highest BCUT2D eigenvalue weighted by Crippen LogP contribution is 1.97. The summed E-state index contributed by atoms with van der Waals surface area (Å²) in [5, 5.41) is 11.5. The first-order valence-electron chi connectivity index (χ1n) is 4.89. The fraction of sp³-hybridized carbons (Fsp3) is 0.500. The normalized spacial score (nSPS) is 12.4. The van der Waals surface area contributed by atoms with Crippen LogP contribution in [0.4, 0.5) is 0 Å². The van der Waals surface area contributed by atoms with Crippen LogP contribution in [0.3, 0.4) is 0 Å². The van der Waals surface area contributed by atoms with Gasteiger partial charge in [-0.15, -0.1) is 0 Å². The SMILES string of the molecule is CCc1ncc(CN[C@@H](C)C(=O)O)cn1. The molecule has 0 aliphatic rings. The first kappa shape index (κ1) is 11.6. The van der Waals surface area contributed by atoms with Gasteiger partial charge in [-0.25, -0.2) is 9.97 Å². The minimum atomic E-state index is -0.860. The number of aryl methyl sites for hydroxylation is 1. The molecule has 1 atom stereocenters. The van der Waals surface area contributed by atoms with E-state index in [0.29, 0.717) is 6.54 Å². The van der Waals surface area contributed by atoms with Crippen LogP contribution in [0.15, 0.2) is 12.4 Å². The van der Waals surface area contributed by atoms with Crippen molar-refractivity contribution < 1.29 is 9.90 Å². The van der Waals surface area contributed by atoms with Gasteiger partial charge >= 0.3 is 5.97 Å². The van der Waals surface area contributed by atoms with Gasteiger partial charge in [0.25, 0.3) is 0 Å². The summed E-state index contributed by atoms with van der Waals surface area (Å²) < 4.78 is 0. The number of rotatable bonds is 5. The van der Waals surface area contributed by atoms with Crippen LogP contribution in [-0.4, -0.2) is 27.1 Å². The Labute approximate surface area is 88.6 Å². The van der Waals surface area contributed by atoms with Crippen LogP contribution in [0.2, 0.25) is 0 Å². The Hall–Kier alpha value is -1.49. The zero-order chi connectivity index (χ0) is 11.3. The van der Waals surface area contributed by atoms with Crippen LogP contribution in [0.1, 0.15) is 25.2 Å². The van der Waals surface area contributed by atoms with Gasteiger partial charge in [0.15, 0.2) is 0 Å². The molecule has 0 unspecified atom stereocenters. The van der Waals surface area contributed by atoms with Crippen LogP contribution >= 0.6 is 0 Å². The molecule has 15 heavy (non-hydrogen) atoms. The third-order valence-corrected chi connectivity index (χ3v) is 2.06. The van der Waals surface area contributed by atoms with Gasteiger partial charge in [-0.3, -0.25) is 4.79 Å². The van der Waals surface area contributed by atoms with E-state index in [9.17, 15) is 4.79 Å². The maximum absolute atomic E-state index is 10.5. The number of carboxylic acid groups (broad SMARTS) is 1. The Kier molecular flexibility index (Phi) is 4.17. The molecule has 1 aromatic rings. The van der Waals surface area contributed by atoms with Crippen molar-refractivity contribution >= 4 is 5.97 Å². The lowest BCUT2D eigenvalue weighted by atomic mass is 10.3. The van der Waals surface area contributed by atoms with E-state index in [4.69, 9.17) is 5.11 Å². The molecule has 82 valence electrons. The second kappa shape index (κ2) is 5.41. The minimum absolute atomic E-state index is 0.470. The first-order chi connectivity index (χ1) is 7.13. The number of carbonyl (C=O) groups is 1. The third kappa shape index (κ3) is 3.63. The van der Waals surface area contributed by atoms with Crippen molar-refractivity contribution in [1.29, 1.82) is 0 Å². The first-order valence-corrected chi connectivity index (χ1v) is 4.89. The number of aromatic nitrogens is 2. The van der Waals surface area contributed by atoms with Crippen LogP contribution in [0, 0.1) is 0 Å². The van der Waals surface area contributed by atoms with Gasteiger partial charge in [0, 0.05) is 30.9 Å². The van der Waals surface area contributed by atoms with Gasteiger partial charge in [0.05, 0.1) is 0 Å². The summed E-state index contributed by atoms with van der Waals surface area (Å²) in [4.78, 5) is 18.8. The van der Waals surface area contributed by atoms with Gasteiger partial charge in [-0.05, 0) is 6.92 Å². The highest BCUT2D eigenvalue weighted by Gasteiger charge is 2.09. The smallest absolute Gasteiger partial charge is 0.320 e. The number of hydrogen-bond acceptors (Lipinski definition) is 4. The summed E-state index contributed by atoms with van der Waals surface area (Å²) in [6.45, 7) is 4.06. The third-order valence-electron chi connectivity index (χ3n) is 2.06. The second-order valence-corrected chi connectivity index (χ2v) is 3.30. The predicted molar refractivity (Wildman–Crippen MR) is 55.3 cm³/mol. The minimum Gasteiger partial charge on any atom is -0.480 e. The van der Waals surface area contributed by atoms with Crippen molar-refractivity contribution in [2.45, 2.75) is 32.9 Å². The fourth-order valence-corrected chi connectivity index (χ4v) is 1.01. The summed E-state index contributed by atoms with van der Waals surface area (Å²) in [5.41, 5.74) is 0.889. The monoisotopic (exact) mass is 209 g/mol. The Balaban J connectivity index is 2.47. The zero-order valence-corrected chi connectivity index (χ0v) is 8.90. The molecule has 0 saturated carbocycles. The number of nitrogens with zero attached hydrogens (tertiary/aromatic N) is 2. The average Bonchev–Trinajstić information content (AvgIpc) is 2.26. The number of nitrogens with one attached hydrogen (secondary N) is 1. The van der Waals surface area contributed by atoms with Crippen molar-refractivity contribution in [2.75, 3.05) is 0 Å².